The van der Waals surface area contributed by atoms with E-state index in [2.05, 4.69) is 23.8 Å². The van der Waals surface area contributed by atoms with Gasteiger partial charge in [-0.2, -0.15) is 4.98 Å². The average Bonchev–Trinajstić information content (AvgIpc) is 2.46. The molecule has 0 saturated heterocycles. The van der Waals surface area contributed by atoms with Crippen molar-refractivity contribution in [2.45, 2.75) is 33.1 Å². The van der Waals surface area contributed by atoms with Crippen molar-refractivity contribution in [1.29, 1.82) is 5.41 Å². The van der Waals surface area contributed by atoms with Crippen molar-refractivity contribution in [2.75, 3.05) is 0 Å². The topological polar surface area (TPSA) is 84.9 Å². The van der Waals surface area contributed by atoms with Crippen LogP contribution in [0.15, 0.2) is 30.3 Å². The zero-order valence-corrected chi connectivity index (χ0v) is 12.6. The number of aromatic nitrogens is 2. The van der Waals surface area contributed by atoms with Gasteiger partial charge in [-0.3, -0.25) is 5.41 Å². The van der Waals surface area contributed by atoms with E-state index in [9.17, 15) is 0 Å². The lowest BCUT2D eigenvalue weighted by molar-refractivity contribution is 0.439. The average molecular weight is 284 g/mol. The van der Waals surface area contributed by atoms with Gasteiger partial charge in [0.05, 0.1) is 0 Å². The Morgan fingerprint density at radius 2 is 1.95 bits per heavy atom. The van der Waals surface area contributed by atoms with Crippen molar-refractivity contribution in [3.05, 3.63) is 47.3 Å². The monoisotopic (exact) mass is 284 g/mol. The lowest BCUT2D eigenvalue weighted by Gasteiger charge is -2.10. The molecule has 110 valence electrons. The van der Waals surface area contributed by atoms with Crippen LogP contribution in [0.1, 0.15) is 43.1 Å². The van der Waals surface area contributed by atoms with Gasteiger partial charge in [-0.15, -0.1) is 0 Å². The van der Waals surface area contributed by atoms with E-state index in [1.54, 1.807) is 6.07 Å². The Hall–Kier alpha value is -2.43. The Morgan fingerprint density at radius 1 is 1.29 bits per heavy atom. The zero-order chi connectivity index (χ0) is 15.4. The first-order valence-corrected chi connectivity index (χ1v) is 6.97. The molecule has 0 amide bonds. The molecule has 5 heteroatoms. The van der Waals surface area contributed by atoms with E-state index in [-0.39, 0.29) is 11.8 Å². The van der Waals surface area contributed by atoms with Crippen molar-refractivity contribution < 1.29 is 4.74 Å². The summed E-state index contributed by atoms with van der Waals surface area (Å²) in [4.78, 5) is 8.32. The molecular formula is C16H20N4O. The molecular weight excluding hydrogens is 264 g/mol. The van der Waals surface area contributed by atoms with Crippen LogP contribution in [0.2, 0.25) is 0 Å². The predicted octanol–water partition coefficient (Wildman–Crippen LogP) is 3.37. The molecule has 0 bridgehead atoms. The number of aryl methyl sites for hydroxylation is 1. The summed E-state index contributed by atoms with van der Waals surface area (Å²) in [7, 11) is 0. The Labute approximate surface area is 124 Å². The number of nitrogen functional groups attached to an aromatic ring is 1. The molecule has 0 fully saturated rings. The fourth-order valence-electron chi connectivity index (χ4n) is 1.93. The van der Waals surface area contributed by atoms with Crippen molar-refractivity contribution >= 4 is 5.84 Å². The van der Waals surface area contributed by atoms with E-state index in [0.717, 1.165) is 6.42 Å². The molecule has 1 atom stereocenters. The molecule has 3 N–H and O–H groups in total. The Balaban J connectivity index is 2.20. The van der Waals surface area contributed by atoms with Crippen molar-refractivity contribution in [3.8, 4) is 11.8 Å². The summed E-state index contributed by atoms with van der Waals surface area (Å²) in [5, 5.41) is 7.44. The highest BCUT2D eigenvalue weighted by atomic mass is 16.5. The second kappa shape index (κ2) is 6.35. The number of ether oxygens (including phenoxy) is 1. The van der Waals surface area contributed by atoms with Gasteiger partial charge in [0.1, 0.15) is 17.3 Å². The highest BCUT2D eigenvalue weighted by molar-refractivity contribution is 5.93. The van der Waals surface area contributed by atoms with Gasteiger partial charge >= 0.3 is 6.01 Å². The van der Waals surface area contributed by atoms with E-state index >= 15 is 0 Å². The lowest BCUT2D eigenvalue weighted by atomic mass is 9.99. The Bertz CT molecular complexity index is 637. The second-order valence-electron chi connectivity index (χ2n) is 5.07. The van der Waals surface area contributed by atoms with E-state index in [1.807, 2.05) is 31.2 Å². The van der Waals surface area contributed by atoms with Gasteiger partial charge in [0, 0.05) is 5.69 Å². The fraction of sp³-hybridized carbons (Fsp3) is 0.312. The molecule has 5 nitrogen and oxygen atoms in total. The first-order valence-electron chi connectivity index (χ1n) is 6.97. The van der Waals surface area contributed by atoms with Crippen LogP contribution in [-0.4, -0.2) is 15.8 Å². The molecule has 0 aliphatic heterocycles. The highest BCUT2D eigenvalue weighted by Crippen LogP contribution is 2.23. The van der Waals surface area contributed by atoms with Crippen LogP contribution in [0.5, 0.6) is 11.8 Å². The first kappa shape index (κ1) is 15.0. The van der Waals surface area contributed by atoms with Crippen LogP contribution < -0.4 is 10.5 Å². The van der Waals surface area contributed by atoms with Crippen molar-refractivity contribution in [2.24, 2.45) is 5.73 Å². The summed E-state index contributed by atoms with van der Waals surface area (Å²) < 4.78 is 5.64. The largest absolute Gasteiger partial charge is 0.424 e. The molecule has 0 aliphatic carbocycles. The van der Waals surface area contributed by atoms with Crippen molar-refractivity contribution in [3.63, 3.8) is 0 Å². The van der Waals surface area contributed by atoms with E-state index in [4.69, 9.17) is 15.9 Å². The SMILES string of the molecule is CCC(C)c1ccc(Oc2nc(C)cc(C(=N)N)n2)cc1. The molecule has 1 heterocycles. The molecule has 1 aromatic carbocycles. The zero-order valence-electron chi connectivity index (χ0n) is 12.6. The molecule has 1 aromatic heterocycles. The van der Waals surface area contributed by atoms with Crippen molar-refractivity contribution in [1.82, 2.24) is 9.97 Å². The molecule has 0 aliphatic rings. The second-order valence-corrected chi connectivity index (χ2v) is 5.07. The molecule has 2 rings (SSSR count). The fourth-order valence-corrected chi connectivity index (χ4v) is 1.93. The van der Waals surface area contributed by atoms with Gasteiger partial charge in [-0.25, -0.2) is 4.98 Å². The first-order chi connectivity index (χ1) is 9.99. The Morgan fingerprint density at radius 3 is 2.52 bits per heavy atom. The number of hydrogen-bond acceptors (Lipinski definition) is 4. The summed E-state index contributed by atoms with van der Waals surface area (Å²) in [6, 6.07) is 9.76. The smallest absolute Gasteiger partial charge is 0.322 e. The molecule has 21 heavy (non-hydrogen) atoms. The minimum Gasteiger partial charge on any atom is -0.424 e. The number of benzene rings is 1. The van der Waals surface area contributed by atoms with E-state index in [1.165, 1.54) is 5.56 Å². The third kappa shape index (κ3) is 3.78. The number of amidine groups is 1. The van der Waals surface area contributed by atoms with Crippen LogP contribution in [0.4, 0.5) is 0 Å². The lowest BCUT2D eigenvalue weighted by Crippen LogP contribution is -2.14. The summed E-state index contributed by atoms with van der Waals surface area (Å²) in [6.45, 7) is 6.17. The minimum absolute atomic E-state index is 0.0996. The van der Waals surface area contributed by atoms with Gasteiger partial charge in [0.2, 0.25) is 0 Å². The number of rotatable bonds is 5. The summed E-state index contributed by atoms with van der Waals surface area (Å²) >= 11 is 0. The maximum Gasteiger partial charge on any atom is 0.322 e. The van der Waals surface area contributed by atoms with Gasteiger partial charge in [0.15, 0.2) is 0 Å². The molecule has 2 aromatic rings. The van der Waals surface area contributed by atoms with E-state index < -0.39 is 0 Å². The van der Waals surface area contributed by atoms with Crippen LogP contribution in [0.3, 0.4) is 0 Å². The number of hydrogen-bond donors (Lipinski definition) is 2. The predicted molar refractivity (Wildman–Crippen MR) is 83.0 cm³/mol. The maximum atomic E-state index is 7.44. The molecule has 0 radical (unpaired) electrons. The number of nitrogens with one attached hydrogen (secondary N) is 1. The number of nitrogens with two attached hydrogens (primary N) is 1. The van der Waals surface area contributed by atoms with Gasteiger partial charge < -0.3 is 10.5 Å². The standard InChI is InChI=1S/C16H20N4O/c1-4-10(2)12-5-7-13(8-6-12)21-16-19-11(3)9-14(20-16)15(17)18/h5-10H,4H2,1-3H3,(H3,17,18). The quantitative estimate of drug-likeness (QED) is 0.651. The van der Waals surface area contributed by atoms with Gasteiger partial charge in [-0.05, 0) is 43.0 Å². The highest BCUT2D eigenvalue weighted by Gasteiger charge is 2.08. The van der Waals surface area contributed by atoms with Gasteiger partial charge in [-0.1, -0.05) is 26.0 Å². The van der Waals surface area contributed by atoms with Crippen LogP contribution >= 0.6 is 0 Å². The summed E-state index contributed by atoms with van der Waals surface area (Å²) in [6.07, 6.45) is 1.10. The van der Waals surface area contributed by atoms with Crippen LogP contribution in [-0.2, 0) is 0 Å². The van der Waals surface area contributed by atoms with Gasteiger partial charge in [0.25, 0.3) is 0 Å². The summed E-state index contributed by atoms with van der Waals surface area (Å²) in [5.74, 6) is 1.10. The third-order valence-electron chi connectivity index (χ3n) is 3.38. The molecule has 0 saturated carbocycles. The number of nitrogens with zero attached hydrogens (tertiary/aromatic N) is 2. The van der Waals surface area contributed by atoms with E-state index in [0.29, 0.717) is 23.1 Å². The summed E-state index contributed by atoms with van der Waals surface area (Å²) in [5.41, 5.74) is 7.81. The Kier molecular flexibility index (Phi) is 4.52. The van der Waals surface area contributed by atoms with Crippen LogP contribution in [0, 0.1) is 12.3 Å². The van der Waals surface area contributed by atoms with Crippen LogP contribution in [0.25, 0.3) is 0 Å². The normalized spacial score (nSPS) is 12.0. The third-order valence-corrected chi connectivity index (χ3v) is 3.38. The molecule has 0 spiro atoms. The maximum absolute atomic E-state index is 7.44. The molecule has 1 unspecified atom stereocenters. The minimum atomic E-state index is -0.0996.